The van der Waals surface area contributed by atoms with Crippen LogP contribution in [0.1, 0.15) is 10.4 Å². The van der Waals surface area contributed by atoms with Gasteiger partial charge >= 0.3 is 5.97 Å². The molecule has 0 heterocycles. The molecule has 0 saturated carbocycles. The van der Waals surface area contributed by atoms with E-state index in [0.717, 1.165) is 6.07 Å². The predicted octanol–water partition coefficient (Wildman–Crippen LogP) is 0.477. The Bertz CT molecular complexity index is 382. The lowest BCUT2D eigenvalue weighted by molar-refractivity contribution is 0.0698. The van der Waals surface area contributed by atoms with Crippen LogP contribution in [0.3, 0.4) is 0 Å². The number of nitrogens with two attached hydrogens (primary N) is 2. The molecule has 5 nitrogen and oxygen atoms in total. The Morgan fingerprint density at radius 2 is 2.20 bits per heavy atom. The Morgan fingerprint density at radius 1 is 1.53 bits per heavy atom. The van der Waals surface area contributed by atoms with Gasteiger partial charge < -0.3 is 21.9 Å². The second-order valence-corrected chi connectivity index (χ2v) is 2.90. The standard InChI is InChI=1S/C9H12FN3O2/c10-5-1-2-6(13-4-3-11)7(8(5)12)9(14)15/h1-2,13H,3-4,11-12H2,(H,14,15). The van der Waals surface area contributed by atoms with Crippen LogP contribution in [0, 0.1) is 5.82 Å². The van der Waals surface area contributed by atoms with Crippen molar-refractivity contribution < 1.29 is 14.3 Å². The second-order valence-electron chi connectivity index (χ2n) is 2.90. The van der Waals surface area contributed by atoms with E-state index in [1.807, 2.05) is 0 Å². The summed E-state index contributed by atoms with van der Waals surface area (Å²) in [5, 5.41) is 11.6. The van der Waals surface area contributed by atoms with Crippen molar-refractivity contribution in [1.29, 1.82) is 0 Å². The first-order valence-electron chi connectivity index (χ1n) is 4.33. The number of halogens is 1. The van der Waals surface area contributed by atoms with Gasteiger partial charge in [0.25, 0.3) is 0 Å². The molecule has 1 rings (SSSR count). The molecule has 82 valence electrons. The van der Waals surface area contributed by atoms with Crippen LogP contribution < -0.4 is 16.8 Å². The number of carbonyl (C=O) groups is 1. The van der Waals surface area contributed by atoms with Gasteiger partial charge in [0.1, 0.15) is 11.4 Å². The highest BCUT2D eigenvalue weighted by molar-refractivity contribution is 6.00. The second kappa shape index (κ2) is 4.61. The summed E-state index contributed by atoms with van der Waals surface area (Å²) in [6.45, 7) is 0.738. The SMILES string of the molecule is NCCNc1ccc(F)c(N)c1C(=O)O. The van der Waals surface area contributed by atoms with Gasteiger partial charge in [-0.1, -0.05) is 0 Å². The fourth-order valence-electron chi connectivity index (χ4n) is 1.18. The van der Waals surface area contributed by atoms with Crippen molar-refractivity contribution >= 4 is 17.3 Å². The Morgan fingerprint density at radius 3 is 2.73 bits per heavy atom. The van der Waals surface area contributed by atoms with E-state index >= 15 is 0 Å². The maximum Gasteiger partial charge on any atom is 0.340 e. The number of hydrogen-bond acceptors (Lipinski definition) is 4. The third kappa shape index (κ3) is 2.35. The van der Waals surface area contributed by atoms with Crippen LogP contribution in [0.5, 0.6) is 0 Å². The smallest absolute Gasteiger partial charge is 0.340 e. The highest BCUT2D eigenvalue weighted by Gasteiger charge is 2.16. The van der Waals surface area contributed by atoms with Gasteiger partial charge in [0.2, 0.25) is 0 Å². The lowest BCUT2D eigenvalue weighted by Gasteiger charge is -2.10. The number of benzene rings is 1. The largest absolute Gasteiger partial charge is 0.478 e. The van der Waals surface area contributed by atoms with E-state index in [1.54, 1.807) is 0 Å². The van der Waals surface area contributed by atoms with Crippen molar-refractivity contribution in [3.05, 3.63) is 23.5 Å². The summed E-state index contributed by atoms with van der Waals surface area (Å²) in [5.41, 5.74) is 10.2. The highest BCUT2D eigenvalue weighted by Crippen LogP contribution is 2.24. The maximum absolute atomic E-state index is 13.0. The lowest BCUT2D eigenvalue weighted by Crippen LogP contribution is -2.16. The summed E-state index contributed by atoms with van der Waals surface area (Å²) in [6.07, 6.45) is 0. The minimum absolute atomic E-state index is 0.261. The monoisotopic (exact) mass is 213 g/mol. The Hall–Kier alpha value is -1.82. The maximum atomic E-state index is 13.0. The van der Waals surface area contributed by atoms with Crippen LogP contribution >= 0.6 is 0 Å². The van der Waals surface area contributed by atoms with Crippen molar-refractivity contribution in [3.8, 4) is 0 Å². The minimum atomic E-state index is -1.27. The molecule has 1 aromatic carbocycles. The third-order valence-corrected chi connectivity index (χ3v) is 1.87. The molecular weight excluding hydrogens is 201 g/mol. The van der Waals surface area contributed by atoms with E-state index in [9.17, 15) is 9.18 Å². The zero-order valence-electron chi connectivity index (χ0n) is 7.96. The number of carboxylic acids is 1. The summed E-state index contributed by atoms with van der Waals surface area (Å²) in [5.74, 6) is -2.02. The molecular formula is C9H12FN3O2. The van der Waals surface area contributed by atoms with Crippen LogP contribution in [-0.2, 0) is 0 Å². The fourth-order valence-corrected chi connectivity index (χ4v) is 1.18. The average Bonchev–Trinajstić information content (AvgIpc) is 2.19. The summed E-state index contributed by atoms with van der Waals surface area (Å²) in [6, 6.07) is 2.44. The minimum Gasteiger partial charge on any atom is -0.478 e. The van der Waals surface area contributed by atoms with Gasteiger partial charge in [-0.25, -0.2) is 9.18 Å². The molecule has 0 aliphatic rings. The molecule has 0 unspecified atom stereocenters. The van der Waals surface area contributed by atoms with Crippen molar-refractivity contribution in [1.82, 2.24) is 0 Å². The fraction of sp³-hybridized carbons (Fsp3) is 0.222. The number of nitrogens with one attached hydrogen (secondary N) is 1. The molecule has 0 aromatic heterocycles. The molecule has 0 aliphatic heterocycles. The van der Waals surface area contributed by atoms with Gasteiger partial charge in [-0.2, -0.15) is 0 Å². The zero-order valence-corrected chi connectivity index (χ0v) is 7.96. The highest BCUT2D eigenvalue weighted by atomic mass is 19.1. The Labute approximate surface area is 85.9 Å². The van der Waals surface area contributed by atoms with Gasteiger partial charge in [-0.05, 0) is 12.1 Å². The van der Waals surface area contributed by atoms with E-state index in [1.165, 1.54) is 6.07 Å². The molecule has 0 saturated heterocycles. The van der Waals surface area contributed by atoms with Crippen LogP contribution in [0.2, 0.25) is 0 Å². The third-order valence-electron chi connectivity index (χ3n) is 1.87. The van der Waals surface area contributed by atoms with E-state index in [0.29, 0.717) is 13.1 Å². The number of nitrogen functional groups attached to an aromatic ring is 1. The number of carboxylic acid groups (broad SMARTS) is 1. The van der Waals surface area contributed by atoms with Gasteiger partial charge in [-0.3, -0.25) is 0 Å². The molecule has 0 amide bonds. The predicted molar refractivity (Wildman–Crippen MR) is 55.3 cm³/mol. The summed E-state index contributed by atoms with van der Waals surface area (Å²) in [4.78, 5) is 10.8. The molecule has 1 aromatic rings. The Kier molecular flexibility index (Phi) is 3.46. The number of anilines is 2. The molecule has 0 fully saturated rings. The van der Waals surface area contributed by atoms with Crippen LogP contribution in [0.15, 0.2) is 12.1 Å². The van der Waals surface area contributed by atoms with E-state index < -0.39 is 11.8 Å². The number of hydrogen-bond donors (Lipinski definition) is 4. The topological polar surface area (TPSA) is 101 Å². The van der Waals surface area contributed by atoms with E-state index in [-0.39, 0.29) is 16.9 Å². The lowest BCUT2D eigenvalue weighted by atomic mass is 10.1. The summed E-state index contributed by atoms with van der Waals surface area (Å²) >= 11 is 0. The quantitative estimate of drug-likeness (QED) is 0.545. The van der Waals surface area contributed by atoms with Gasteiger partial charge in [0, 0.05) is 13.1 Å². The van der Waals surface area contributed by atoms with Gasteiger partial charge in [0.05, 0.1) is 11.4 Å². The molecule has 6 heteroatoms. The first-order valence-corrected chi connectivity index (χ1v) is 4.33. The number of rotatable bonds is 4. The molecule has 0 atom stereocenters. The van der Waals surface area contributed by atoms with Crippen LogP contribution in [0.25, 0.3) is 0 Å². The molecule has 6 N–H and O–H groups in total. The Balaban J connectivity index is 3.15. The van der Waals surface area contributed by atoms with Crippen molar-refractivity contribution in [3.63, 3.8) is 0 Å². The van der Waals surface area contributed by atoms with E-state index in [2.05, 4.69) is 5.32 Å². The van der Waals surface area contributed by atoms with Gasteiger partial charge in [0.15, 0.2) is 0 Å². The van der Waals surface area contributed by atoms with E-state index in [4.69, 9.17) is 16.6 Å². The van der Waals surface area contributed by atoms with Crippen molar-refractivity contribution in [2.75, 3.05) is 24.1 Å². The molecule has 0 bridgehead atoms. The molecule has 0 aliphatic carbocycles. The van der Waals surface area contributed by atoms with Crippen molar-refractivity contribution in [2.45, 2.75) is 0 Å². The molecule has 0 spiro atoms. The van der Waals surface area contributed by atoms with Crippen LogP contribution in [-0.4, -0.2) is 24.2 Å². The molecule has 0 radical (unpaired) electrons. The van der Waals surface area contributed by atoms with Gasteiger partial charge in [-0.15, -0.1) is 0 Å². The first kappa shape index (κ1) is 11.3. The number of aromatic carboxylic acids is 1. The van der Waals surface area contributed by atoms with Crippen LogP contribution in [0.4, 0.5) is 15.8 Å². The average molecular weight is 213 g/mol. The van der Waals surface area contributed by atoms with Crippen molar-refractivity contribution in [2.24, 2.45) is 5.73 Å². The first-order chi connectivity index (χ1) is 7.07. The summed E-state index contributed by atoms with van der Waals surface area (Å²) in [7, 11) is 0. The summed E-state index contributed by atoms with van der Waals surface area (Å²) < 4.78 is 13.0. The normalized spacial score (nSPS) is 10.0. The molecule has 15 heavy (non-hydrogen) atoms. The zero-order chi connectivity index (χ0) is 11.4.